The van der Waals surface area contributed by atoms with E-state index in [0.717, 1.165) is 13.0 Å². The van der Waals surface area contributed by atoms with Gasteiger partial charge in [0.2, 0.25) is 0 Å². The summed E-state index contributed by atoms with van der Waals surface area (Å²) in [5.41, 5.74) is 0. The number of carbonyl (C=O) groups is 2. The van der Waals surface area contributed by atoms with Crippen LogP contribution in [-0.2, 0) is 9.59 Å². The third-order valence-electron chi connectivity index (χ3n) is 4.48. The number of carbonyl (C=O) groups excluding carboxylic acids is 1. The summed E-state index contributed by atoms with van der Waals surface area (Å²) in [6.07, 6.45) is 13.1. The number of hydrogen-bond acceptors (Lipinski definition) is 2. The second-order valence-electron chi connectivity index (χ2n) is 7.64. The van der Waals surface area contributed by atoms with E-state index in [9.17, 15) is 9.59 Å². The first-order valence-corrected chi connectivity index (χ1v) is 9.56. The van der Waals surface area contributed by atoms with Gasteiger partial charge in [-0.1, -0.05) is 58.3 Å². The number of carboxylic acid groups (broad SMARTS) is 1. The topological polar surface area (TPSA) is 57.6 Å². The Balaban J connectivity index is 3.70. The van der Waals surface area contributed by atoms with Crippen molar-refractivity contribution in [2.75, 3.05) is 40.8 Å². The van der Waals surface area contributed by atoms with Gasteiger partial charge in [-0.25, -0.2) is 0 Å². The van der Waals surface area contributed by atoms with Gasteiger partial charge < -0.3 is 14.5 Å². The van der Waals surface area contributed by atoms with Crippen molar-refractivity contribution < 1.29 is 19.2 Å². The molecule has 0 saturated carbocycles. The Hall–Kier alpha value is -1.10. The molecule has 0 aromatic heterocycles. The molecule has 5 heteroatoms. The predicted octanol–water partition coefficient (Wildman–Crippen LogP) is 3.53. The van der Waals surface area contributed by atoms with E-state index < -0.39 is 5.97 Å². The maximum Gasteiger partial charge on any atom is 0.323 e. The highest BCUT2D eigenvalue weighted by Gasteiger charge is 2.23. The van der Waals surface area contributed by atoms with Gasteiger partial charge in [-0.15, -0.1) is 0 Å². The monoisotopic (exact) mass is 343 g/mol. The van der Waals surface area contributed by atoms with Gasteiger partial charge in [0.05, 0.1) is 20.6 Å². The minimum atomic E-state index is -0.967. The zero-order valence-corrected chi connectivity index (χ0v) is 16.4. The normalized spacial score (nSPS) is 11.5. The van der Waals surface area contributed by atoms with Crippen LogP contribution in [0.5, 0.6) is 0 Å². The zero-order chi connectivity index (χ0) is 18.4. The molecule has 0 aromatic rings. The van der Waals surface area contributed by atoms with E-state index in [0.29, 0.717) is 11.0 Å². The van der Waals surface area contributed by atoms with Crippen molar-refractivity contribution >= 4 is 11.9 Å². The van der Waals surface area contributed by atoms with Gasteiger partial charge in [-0.2, -0.15) is 0 Å². The van der Waals surface area contributed by atoms with Crippen LogP contribution in [0.3, 0.4) is 0 Å². The predicted molar refractivity (Wildman–Crippen MR) is 99.0 cm³/mol. The molecular formula is C19H39N2O3+. The average Bonchev–Trinajstić information content (AvgIpc) is 2.48. The van der Waals surface area contributed by atoms with Crippen LogP contribution in [0, 0.1) is 0 Å². The Morgan fingerprint density at radius 3 is 1.79 bits per heavy atom. The molecule has 0 rings (SSSR count). The maximum atomic E-state index is 12.0. The molecule has 5 nitrogen and oxygen atoms in total. The molecule has 0 unspecified atom stereocenters. The van der Waals surface area contributed by atoms with Gasteiger partial charge in [0.15, 0.2) is 6.54 Å². The molecule has 0 radical (unpaired) electrons. The smallest absolute Gasteiger partial charge is 0.323 e. The standard InChI is InChI=1S/C19H38N2O3/c1-5-6-7-8-9-10-11-12-13-14-15-21(3,4)17-18(22)20(2)16-19(23)24/h5-17H2,1-4H3/p+1. The largest absolute Gasteiger partial charge is 0.480 e. The minimum absolute atomic E-state index is 0.102. The first-order valence-electron chi connectivity index (χ1n) is 9.56. The lowest BCUT2D eigenvalue weighted by molar-refractivity contribution is -0.882. The fourth-order valence-corrected chi connectivity index (χ4v) is 2.88. The number of unbranched alkanes of at least 4 members (excludes halogenated alkanes) is 9. The summed E-state index contributed by atoms with van der Waals surface area (Å²) in [6, 6.07) is 0. The SMILES string of the molecule is CCCCCCCCCCCC[N+](C)(C)CC(=O)N(C)CC(=O)O. The summed E-state index contributed by atoms with van der Waals surface area (Å²) in [7, 11) is 5.64. The van der Waals surface area contributed by atoms with E-state index in [-0.39, 0.29) is 12.5 Å². The first kappa shape index (κ1) is 22.9. The van der Waals surface area contributed by atoms with Crippen molar-refractivity contribution in [3.63, 3.8) is 0 Å². The Kier molecular flexibility index (Phi) is 12.6. The van der Waals surface area contributed by atoms with Gasteiger partial charge in [0.25, 0.3) is 5.91 Å². The quantitative estimate of drug-likeness (QED) is 0.365. The number of likely N-dealkylation sites (N-methyl/N-ethyl adjacent to an activating group) is 2. The second kappa shape index (κ2) is 13.2. The molecule has 0 atom stereocenters. The van der Waals surface area contributed by atoms with Crippen LogP contribution in [0.4, 0.5) is 0 Å². The molecule has 0 bridgehead atoms. The fraction of sp³-hybridized carbons (Fsp3) is 0.895. The van der Waals surface area contributed by atoms with Crippen LogP contribution in [0.15, 0.2) is 0 Å². The van der Waals surface area contributed by atoms with Crippen molar-refractivity contribution in [1.82, 2.24) is 4.90 Å². The molecular weight excluding hydrogens is 304 g/mol. The van der Waals surface area contributed by atoms with E-state index in [2.05, 4.69) is 6.92 Å². The van der Waals surface area contributed by atoms with Gasteiger partial charge in [-0.3, -0.25) is 9.59 Å². The Morgan fingerprint density at radius 2 is 1.33 bits per heavy atom. The number of hydrogen-bond donors (Lipinski definition) is 1. The van der Waals surface area contributed by atoms with Gasteiger partial charge in [0.1, 0.15) is 6.54 Å². The molecule has 0 aliphatic rings. The molecule has 0 aromatic carbocycles. The number of quaternary nitrogens is 1. The molecule has 0 heterocycles. The fourth-order valence-electron chi connectivity index (χ4n) is 2.88. The highest BCUT2D eigenvalue weighted by molar-refractivity contribution is 5.81. The van der Waals surface area contributed by atoms with E-state index in [1.807, 2.05) is 14.1 Å². The number of carboxylic acids is 1. The van der Waals surface area contributed by atoms with Crippen molar-refractivity contribution in [3.05, 3.63) is 0 Å². The van der Waals surface area contributed by atoms with Crippen LogP contribution < -0.4 is 0 Å². The first-order chi connectivity index (χ1) is 11.3. The van der Waals surface area contributed by atoms with Crippen molar-refractivity contribution in [3.8, 4) is 0 Å². The summed E-state index contributed by atoms with van der Waals surface area (Å²) in [5, 5.41) is 8.74. The lowest BCUT2D eigenvalue weighted by Gasteiger charge is -2.30. The van der Waals surface area contributed by atoms with Crippen molar-refractivity contribution in [2.45, 2.75) is 71.1 Å². The van der Waals surface area contributed by atoms with Gasteiger partial charge >= 0.3 is 5.97 Å². The molecule has 0 spiro atoms. The van der Waals surface area contributed by atoms with Crippen molar-refractivity contribution in [1.29, 1.82) is 0 Å². The molecule has 1 N–H and O–H groups in total. The molecule has 0 aliphatic heterocycles. The highest BCUT2D eigenvalue weighted by atomic mass is 16.4. The van der Waals surface area contributed by atoms with E-state index in [1.165, 1.54) is 62.7 Å². The summed E-state index contributed by atoms with van der Waals surface area (Å²) in [6.45, 7) is 3.35. The zero-order valence-electron chi connectivity index (χ0n) is 16.4. The molecule has 1 amide bonds. The molecule has 0 saturated heterocycles. The van der Waals surface area contributed by atoms with Crippen LogP contribution >= 0.6 is 0 Å². The third-order valence-corrected chi connectivity index (χ3v) is 4.48. The highest BCUT2D eigenvalue weighted by Crippen LogP contribution is 2.11. The van der Waals surface area contributed by atoms with Crippen LogP contribution in [-0.4, -0.2) is 67.1 Å². The van der Waals surface area contributed by atoms with Gasteiger partial charge in [0, 0.05) is 7.05 Å². The number of amides is 1. The molecule has 0 aliphatic carbocycles. The van der Waals surface area contributed by atoms with Crippen LogP contribution in [0.2, 0.25) is 0 Å². The third kappa shape index (κ3) is 13.3. The van der Waals surface area contributed by atoms with Gasteiger partial charge in [-0.05, 0) is 12.8 Å². The summed E-state index contributed by atoms with van der Waals surface area (Å²) in [5.74, 6) is -1.07. The van der Waals surface area contributed by atoms with Crippen molar-refractivity contribution in [2.24, 2.45) is 0 Å². The summed E-state index contributed by atoms with van der Waals surface area (Å²) in [4.78, 5) is 24.0. The van der Waals surface area contributed by atoms with Crippen LogP contribution in [0.25, 0.3) is 0 Å². The number of rotatable bonds is 15. The van der Waals surface area contributed by atoms with E-state index in [4.69, 9.17) is 5.11 Å². The molecule has 0 fully saturated rings. The molecule has 24 heavy (non-hydrogen) atoms. The Labute approximate surface area is 148 Å². The number of aliphatic carboxylic acids is 1. The average molecular weight is 344 g/mol. The lowest BCUT2D eigenvalue weighted by Crippen LogP contribution is -2.49. The maximum absolute atomic E-state index is 12.0. The van der Waals surface area contributed by atoms with E-state index >= 15 is 0 Å². The van der Waals surface area contributed by atoms with E-state index in [1.54, 1.807) is 7.05 Å². The Morgan fingerprint density at radius 1 is 0.875 bits per heavy atom. The lowest BCUT2D eigenvalue weighted by atomic mass is 10.1. The Bertz CT molecular complexity index is 357. The summed E-state index contributed by atoms with van der Waals surface area (Å²) >= 11 is 0. The van der Waals surface area contributed by atoms with Crippen LogP contribution in [0.1, 0.15) is 71.1 Å². The second-order valence-corrected chi connectivity index (χ2v) is 7.64. The minimum Gasteiger partial charge on any atom is -0.480 e. The molecule has 142 valence electrons. The number of nitrogens with zero attached hydrogens (tertiary/aromatic N) is 2. The summed E-state index contributed by atoms with van der Waals surface area (Å²) < 4.78 is 0.625.